The van der Waals surface area contributed by atoms with Crippen LogP contribution in [0.15, 0.2) is 0 Å². The van der Waals surface area contributed by atoms with Crippen LogP contribution >= 0.6 is 0 Å². The van der Waals surface area contributed by atoms with Gasteiger partial charge in [-0.15, -0.1) is 0 Å². The third kappa shape index (κ3) is 4.74. The van der Waals surface area contributed by atoms with Crippen molar-refractivity contribution in [3.63, 3.8) is 0 Å². The molecule has 0 atom stereocenters. The smallest absolute Gasteiger partial charge is 0.351 e. The van der Waals surface area contributed by atoms with Crippen LogP contribution < -0.4 is 0 Å². The van der Waals surface area contributed by atoms with Crippen molar-refractivity contribution in [3.05, 3.63) is 40.5 Å². The number of ether oxygens (including phenoxy) is 1. The molecule has 0 saturated heterocycles. The molecule has 0 aliphatic carbocycles. The van der Waals surface area contributed by atoms with E-state index in [1.54, 1.807) is 0 Å². The average Bonchev–Trinajstić information content (AvgIpc) is 2.14. The van der Waals surface area contributed by atoms with Gasteiger partial charge in [0.1, 0.15) is 0 Å². The van der Waals surface area contributed by atoms with E-state index in [1.165, 1.54) is 0 Å². The van der Waals surface area contributed by atoms with Gasteiger partial charge in [0.25, 0.3) is 0 Å². The molecule has 0 saturated carbocycles. The fourth-order valence-electron chi connectivity index (χ4n) is 0.676. The third-order valence-electron chi connectivity index (χ3n) is 1.51. The zero-order valence-corrected chi connectivity index (χ0v) is 8.03. The molecule has 96 valence electrons. The van der Waals surface area contributed by atoms with Gasteiger partial charge < -0.3 is 4.74 Å². The van der Waals surface area contributed by atoms with Gasteiger partial charge in [-0.05, 0) is 0 Å². The van der Waals surface area contributed by atoms with Crippen molar-refractivity contribution in [2.45, 2.75) is 12.3 Å². The van der Waals surface area contributed by atoms with Crippen LogP contribution in [0.5, 0.6) is 0 Å². The minimum absolute atomic E-state index is 1.09. The molecule has 0 aliphatic rings. The molecule has 0 N–H and O–H groups in total. The Labute approximate surface area is 91.6 Å². The predicted octanol–water partition coefficient (Wildman–Crippen LogP) is -1.24. The summed E-state index contributed by atoms with van der Waals surface area (Å²) < 4.78 is 4.24. The predicted molar refractivity (Wildman–Crippen MR) is 46.4 cm³/mol. The van der Waals surface area contributed by atoms with Crippen LogP contribution in [-0.2, 0) is 4.74 Å². The summed E-state index contributed by atoms with van der Waals surface area (Å²) in [6, 6.07) is 0. The second kappa shape index (κ2) is 6.21. The molecule has 0 fully saturated rings. The van der Waals surface area contributed by atoms with Gasteiger partial charge in [0.15, 0.2) is 13.2 Å². The van der Waals surface area contributed by atoms with Crippen molar-refractivity contribution in [2.24, 2.45) is 0 Å². The van der Waals surface area contributed by atoms with E-state index in [0.717, 1.165) is 0 Å². The van der Waals surface area contributed by atoms with E-state index in [4.69, 9.17) is 0 Å². The molecule has 0 rings (SSSR count). The maximum absolute atomic E-state index is 10.1. The lowest BCUT2D eigenvalue weighted by molar-refractivity contribution is -0.753. The fourth-order valence-corrected chi connectivity index (χ4v) is 0.676. The Morgan fingerprint density at radius 3 is 1.12 bits per heavy atom. The molecular weight excluding hydrogens is 248 g/mol. The monoisotopic (exact) mass is 254 g/mol. The first-order valence-electron chi connectivity index (χ1n) is 3.89. The lowest BCUT2D eigenvalue weighted by Crippen LogP contribution is -2.38. The molecule has 0 heterocycles. The summed E-state index contributed by atoms with van der Waals surface area (Å²) in [6.45, 7) is -2.17. The van der Waals surface area contributed by atoms with E-state index in [0.29, 0.717) is 0 Å². The summed E-state index contributed by atoms with van der Waals surface area (Å²) in [7, 11) is 0. The Morgan fingerprint density at radius 1 is 0.706 bits per heavy atom. The summed E-state index contributed by atoms with van der Waals surface area (Å²) >= 11 is 0. The number of rotatable bonds is 8. The van der Waals surface area contributed by atoms with Gasteiger partial charge >= 0.3 is 12.3 Å². The standard InChI is InChI=1S/C4H6N4O9/c9-5(10)3(6(11)12)1-17-2-4(7(13)14)8(15)16/h3-4H,1-2H2. The molecule has 17 heavy (non-hydrogen) atoms. The Balaban J connectivity index is 4.29. The highest BCUT2D eigenvalue weighted by Crippen LogP contribution is 1.97. The van der Waals surface area contributed by atoms with Gasteiger partial charge in [-0.25, -0.2) is 0 Å². The van der Waals surface area contributed by atoms with E-state index in [2.05, 4.69) is 4.74 Å². The average molecular weight is 254 g/mol. The van der Waals surface area contributed by atoms with E-state index in [9.17, 15) is 40.5 Å². The van der Waals surface area contributed by atoms with Crippen LogP contribution in [0.25, 0.3) is 0 Å². The summed E-state index contributed by atoms with van der Waals surface area (Å²) in [5, 5.41) is 40.4. The van der Waals surface area contributed by atoms with Crippen molar-refractivity contribution in [3.8, 4) is 0 Å². The zero-order valence-electron chi connectivity index (χ0n) is 8.03. The summed E-state index contributed by atoms with van der Waals surface area (Å²) in [4.78, 5) is 35.3. The highest BCUT2D eigenvalue weighted by atomic mass is 16.7. The molecule has 0 aliphatic heterocycles. The van der Waals surface area contributed by atoms with Crippen molar-refractivity contribution < 1.29 is 24.4 Å². The summed E-state index contributed by atoms with van der Waals surface area (Å²) in [5.74, 6) is 0. The van der Waals surface area contributed by atoms with Crippen molar-refractivity contribution in [2.75, 3.05) is 13.2 Å². The second-order valence-corrected chi connectivity index (χ2v) is 2.64. The molecule has 0 radical (unpaired) electrons. The van der Waals surface area contributed by atoms with E-state index >= 15 is 0 Å². The Morgan fingerprint density at radius 2 is 0.941 bits per heavy atom. The number of hydrogen-bond donors (Lipinski definition) is 0. The first-order chi connectivity index (χ1) is 7.77. The van der Waals surface area contributed by atoms with Gasteiger partial charge in [0.2, 0.25) is 0 Å². The molecular formula is C4H6N4O9. The fraction of sp³-hybridized carbons (Fsp3) is 1.00. The quantitative estimate of drug-likeness (QED) is 0.290. The van der Waals surface area contributed by atoms with Crippen LogP contribution in [0.1, 0.15) is 0 Å². The van der Waals surface area contributed by atoms with Crippen LogP contribution in [-0.4, -0.2) is 45.2 Å². The van der Waals surface area contributed by atoms with Gasteiger partial charge in [0, 0.05) is 0 Å². The van der Waals surface area contributed by atoms with Gasteiger partial charge in [-0.3, -0.25) is 40.5 Å². The van der Waals surface area contributed by atoms with Crippen molar-refractivity contribution in [1.82, 2.24) is 0 Å². The topological polar surface area (TPSA) is 182 Å². The molecule has 0 bridgehead atoms. The lowest BCUT2D eigenvalue weighted by Gasteiger charge is -2.04. The highest BCUT2D eigenvalue weighted by Gasteiger charge is 2.37. The van der Waals surface area contributed by atoms with E-state index < -0.39 is 45.2 Å². The molecule has 0 aromatic carbocycles. The van der Waals surface area contributed by atoms with Crippen LogP contribution in [0, 0.1) is 40.5 Å². The SMILES string of the molecule is O=[N+]([O-])C(COCC([N+](=O)[O-])[N+](=O)[O-])[N+](=O)[O-]. The van der Waals surface area contributed by atoms with E-state index in [-0.39, 0.29) is 0 Å². The van der Waals surface area contributed by atoms with Crippen molar-refractivity contribution in [1.29, 1.82) is 0 Å². The molecule has 0 aromatic heterocycles. The number of nitro groups is 4. The Bertz CT molecular complexity index is 282. The Kier molecular flexibility index (Phi) is 5.32. The lowest BCUT2D eigenvalue weighted by atomic mass is 10.5. The van der Waals surface area contributed by atoms with Gasteiger partial charge in [-0.1, -0.05) is 0 Å². The maximum atomic E-state index is 10.1. The maximum Gasteiger partial charge on any atom is 0.473 e. The molecule has 0 amide bonds. The second-order valence-electron chi connectivity index (χ2n) is 2.64. The summed E-state index contributed by atoms with van der Waals surface area (Å²) in [6.07, 6.45) is -4.62. The van der Waals surface area contributed by atoms with Crippen LogP contribution in [0.2, 0.25) is 0 Å². The molecule has 13 nitrogen and oxygen atoms in total. The largest absolute Gasteiger partial charge is 0.473 e. The minimum atomic E-state index is -2.31. The first kappa shape index (κ1) is 14.6. The molecule has 13 heteroatoms. The van der Waals surface area contributed by atoms with Crippen LogP contribution in [0.3, 0.4) is 0 Å². The minimum Gasteiger partial charge on any atom is -0.351 e. The number of nitrogens with zero attached hydrogens (tertiary/aromatic N) is 4. The zero-order chi connectivity index (χ0) is 13.6. The van der Waals surface area contributed by atoms with E-state index in [1.807, 2.05) is 0 Å². The number of hydrogen-bond acceptors (Lipinski definition) is 9. The van der Waals surface area contributed by atoms with Crippen molar-refractivity contribution >= 4 is 0 Å². The normalized spacial score (nSPS) is 10.5. The van der Waals surface area contributed by atoms with Gasteiger partial charge in [-0.2, -0.15) is 0 Å². The molecule has 0 unspecified atom stereocenters. The Hall–Kier alpha value is -2.44. The van der Waals surface area contributed by atoms with Crippen LogP contribution in [0.4, 0.5) is 0 Å². The first-order valence-corrected chi connectivity index (χ1v) is 3.89. The summed E-state index contributed by atoms with van der Waals surface area (Å²) in [5.41, 5.74) is 0. The van der Waals surface area contributed by atoms with Gasteiger partial charge in [0.05, 0.1) is 19.7 Å². The molecule has 0 aromatic rings. The third-order valence-corrected chi connectivity index (χ3v) is 1.51. The highest BCUT2D eigenvalue weighted by molar-refractivity contribution is 4.42. The molecule has 0 spiro atoms.